The van der Waals surface area contributed by atoms with Crippen LogP contribution >= 0.6 is 68.0 Å². The highest BCUT2D eigenvalue weighted by molar-refractivity contribution is 7.23. The standard InChI is InChI=1S/C24H25F2N3O5S.C12H11F2N3O3S.C11H9NO2S.C10H7F2NO2S.C10H7NO3S.C9H5F2NO2S/c1-2-3-11-33-23(31)18(29-24(32)34-14-15-7-5-4-6-8-15)13-28-22(30)19-12-17-20(35-19)16(21(25)26)9-10-27-17;13-10(14)5-1-2-16-7-3-8(21-9(5)7)11(18)17-4-6(15)12(19)20;1-3-7-4-5-12-8-6-9(11(13)14-2)15-10(7)8;1-15-10(14)7-4-6-8(16-7)5(9(11)12)2-3-13-6;1-14-10(13)8-4-7-9(15-8)6(5-12)2-3-11-7;10-8(11)4-1-2-12-5-3-6(9(13)14)15-7(4)5/h4-10,12,18,21H,2-3,11,13-14H2,1H3,(H,28,30)(H,29,32);1-3,6,10H,4,15H2,(H,17,18)(H,19,20);3-6H,1H2,2H3;2-4,9H,1H3;2-5H,1H3;1-3,8H,(H,13,14)/t18-;6-;;;;/m11..../s1. The average Bonchev–Trinajstić information content (AvgIpc) is 1.68. The highest BCUT2D eigenvalue weighted by atomic mass is 32.1. The van der Waals surface area contributed by atoms with Gasteiger partial charge in [0, 0.05) is 78.1 Å². The van der Waals surface area contributed by atoms with E-state index in [0.717, 1.165) is 79.4 Å². The lowest BCUT2D eigenvalue weighted by atomic mass is 10.2. The minimum atomic E-state index is -2.71. The molecule has 0 bridgehead atoms. The molecule has 13 rings (SSSR count). The van der Waals surface area contributed by atoms with Crippen molar-refractivity contribution in [2.75, 3.05) is 41.0 Å². The SMILES string of the molecule is C=Cc1ccnc2cc(C(=O)OC)sc12.CCCCOC(=O)[C@@H](CNC(=O)c1cc2nccc(C(F)F)c2s1)NC(=O)OCc1ccccc1.COC(=O)c1cc2nccc(C(F)F)c2s1.COC(=O)c1cc2nccc(C=O)c2s1.N[C@H](CNC(=O)c1cc2nccc(C(F)F)c2s1)C(=O)O.O=C(O)c1cc2nccc(C(F)F)c2s1. The molecule has 12 heterocycles. The quantitative estimate of drug-likeness (QED) is 0.0108. The molecule has 0 saturated carbocycles. The number of nitrogens with one attached hydrogen (secondary N) is 3. The van der Waals surface area contributed by atoms with E-state index in [1.807, 2.05) is 19.1 Å². The highest BCUT2D eigenvalue weighted by Gasteiger charge is 2.27. The number of hydrogen-bond donors (Lipinski definition) is 6. The molecule has 0 spiro atoms. The van der Waals surface area contributed by atoms with E-state index < -0.39 is 85.5 Å². The van der Waals surface area contributed by atoms with Crippen LogP contribution in [0.15, 0.2) is 147 Å². The molecular formula is C76H64F8N10O17S6. The normalized spacial score (nSPS) is 11.3. The van der Waals surface area contributed by atoms with Crippen LogP contribution in [0.1, 0.15) is 147 Å². The van der Waals surface area contributed by atoms with Crippen molar-refractivity contribution >= 4 is 195 Å². The highest BCUT2D eigenvalue weighted by Crippen LogP contribution is 2.38. The predicted octanol–water partition coefficient (Wildman–Crippen LogP) is 16.6. The Morgan fingerprint density at radius 3 is 1.21 bits per heavy atom. The summed E-state index contributed by atoms with van der Waals surface area (Å²) in [5.41, 5.74) is 9.59. The van der Waals surface area contributed by atoms with Gasteiger partial charge in [0.2, 0.25) is 0 Å². The molecule has 27 nitrogen and oxygen atoms in total. The number of nitrogens with zero attached hydrogens (tertiary/aromatic N) is 6. The Bertz CT molecular complexity index is 5630. The van der Waals surface area contributed by atoms with Gasteiger partial charge in [0.05, 0.1) is 99.0 Å². The number of carboxylic acids is 2. The fourth-order valence-electron chi connectivity index (χ4n) is 9.80. The van der Waals surface area contributed by atoms with Gasteiger partial charge in [-0.15, -0.1) is 68.0 Å². The van der Waals surface area contributed by atoms with Crippen LogP contribution in [0.3, 0.4) is 0 Å². The number of unbranched alkanes of at least 4 members (excludes halogenated alkanes) is 1. The van der Waals surface area contributed by atoms with Crippen LogP contribution in [0.25, 0.3) is 67.4 Å². The number of alkyl halides is 8. The molecule has 0 radical (unpaired) electrons. The molecule has 41 heteroatoms. The first-order valence-electron chi connectivity index (χ1n) is 33.7. The van der Waals surface area contributed by atoms with Gasteiger partial charge in [-0.1, -0.05) is 56.3 Å². The third-order valence-corrected chi connectivity index (χ3v) is 22.5. The van der Waals surface area contributed by atoms with Crippen molar-refractivity contribution in [2.24, 2.45) is 5.73 Å². The van der Waals surface area contributed by atoms with Crippen LogP contribution in [0.4, 0.5) is 39.9 Å². The number of aromatic carboxylic acids is 1. The first kappa shape index (κ1) is 90.3. The molecular weight excluding hydrogens is 1670 g/mol. The van der Waals surface area contributed by atoms with Gasteiger partial charge in [-0.05, 0) is 90.3 Å². The van der Waals surface area contributed by atoms with Crippen molar-refractivity contribution in [3.63, 3.8) is 0 Å². The van der Waals surface area contributed by atoms with Gasteiger partial charge in [0.25, 0.3) is 37.5 Å². The lowest BCUT2D eigenvalue weighted by molar-refractivity contribution is -0.146. The van der Waals surface area contributed by atoms with E-state index in [1.54, 1.807) is 60.9 Å². The number of fused-ring (bicyclic) bond motifs is 6. The van der Waals surface area contributed by atoms with Gasteiger partial charge in [-0.2, -0.15) is 0 Å². The molecule has 2 atom stereocenters. The molecule has 0 fully saturated rings. The summed E-state index contributed by atoms with van der Waals surface area (Å²) in [6.45, 7) is 5.28. The van der Waals surface area contributed by atoms with E-state index in [1.165, 1.54) is 117 Å². The number of nitrogens with two attached hydrogens (primary N) is 1. The van der Waals surface area contributed by atoms with Crippen LogP contribution in [0.5, 0.6) is 0 Å². The third-order valence-electron chi connectivity index (χ3n) is 15.6. The minimum absolute atomic E-state index is 0.00209. The first-order valence-corrected chi connectivity index (χ1v) is 38.6. The molecule has 7 N–H and O–H groups in total. The summed E-state index contributed by atoms with van der Waals surface area (Å²) in [5.74, 6) is -5.54. The Hall–Kier alpha value is -12.3. The van der Waals surface area contributed by atoms with Gasteiger partial charge in [-0.3, -0.25) is 49.1 Å². The molecule has 117 heavy (non-hydrogen) atoms. The van der Waals surface area contributed by atoms with Crippen molar-refractivity contribution in [1.29, 1.82) is 0 Å². The number of carbonyl (C=O) groups excluding carboxylic acids is 8. The molecule has 0 unspecified atom stereocenters. The Kier molecular flexibility index (Phi) is 33.5. The number of rotatable bonds is 24. The first-order chi connectivity index (χ1) is 56.0. The fourth-order valence-corrected chi connectivity index (χ4v) is 16.0. The number of hydrogen-bond acceptors (Lipinski definition) is 28. The van der Waals surface area contributed by atoms with Gasteiger partial charge in [0.15, 0.2) is 6.29 Å². The number of halogens is 8. The summed E-state index contributed by atoms with van der Waals surface area (Å²) in [6, 6.07) is 23.8. The second kappa shape index (κ2) is 43.4. The van der Waals surface area contributed by atoms with Crippen molar-refractivity contribution in [1.82, 2.24) is 45.9 Å². The van der Waals surface area contributed by atoms with Gasteiger partial charge >= 0.3 is 41.9 Å². The number of thiophene rings is 6. The number of carboxylic acid groups (broad SMARTS) is 2. The van der Waals surface area contributed by atoms with Crippen molar-refractivity contribution in [2.45, 2.75) is 64.2 Å². The molecule has 0 aliphatic carbocycles. The average molecular weight is 1730 g/mol. The maximum atomic E-state index is 13.2. The van der Waals surface area contributed by atoms with E-state index in [2.05, 4.69) is 66.6 Å². The lowest BCUT2D eigenvalue weighted by Gasteiger charge is -2.18. The van der Waals surface area contributed by atoms with E-state index in [9.17, 15) is 83.1 Å². The van der Waals surface area contributed by atoms with E-state index in [4.69, 9.17) is 25.4 Å². The number of aromatic nitrogens is 6. The summed E-state index contributed by atoms with van der Waals surface area (Å²) in [5, 5.41) is 24.6. The zero-order valence-electron chi connectivity index (χ0n) is 61.1. The topological polar surface area (TPSA) is 397 Å². The van der Waals surface area contributed by atoms with Crippen LogP contribution in [-0.4, -0.2) is 153 Å². The lowest BCUT2D eigenvalue weighted by Crippen LogP contribution is -2.49. The van der Waals surface area contributed by atoms with Crippen LogP contribution < -0.4 is 21.7 Å². The minimum Gasteiger partial charge on any atom is -0.480 e. The number of aldehydes is 1. The summed E-state index contributed by atoms with van der Waals surface area (Å²) in [7, 11) is 3.93. The molecule has 612 valence electrons. The van der Waals surface area contributed by atoms with Gasteiger partial charge in [-0.25, -0.2) is 63.9 Å². The Labute approximate surface area is 680 Å². The number of aliphatic carboxylic acids is 1. The zero-order chi connectivity index (χ0) is 85.2. The van der Waals surface area contributed by atoms with E-state index >= 15 is 0 Å². The molecule has 3 amide bonds. The Balaban J connectivity index is 0.000000182. The summed E-state index contributed by atoms with van der Waals surface area (Å²) >= 11 is 6.12. The molecule has 0 aliphatic rings. The summed E-state index contributed by atoms with van der Waals surface area (Å²) < 4.78 is 129. The molecule has 1 aromatic carbocycles. The number of alkyl carbamates (subject to hydrolysis) is 1. The maximum Gasteiger partial charge on any atom is 0.408 e. The Morgan fingerprint density at radius 2 is 0.829 bits per heavy atom. The van der Waals surface area contributed by atoms with Crippen molar-refractivity contribution < 1.29 is 117 Å². The number of benzene rings is 1. The summed E-state index contributed by atoms with van der Waals surface area (Å²) in [6.07, 6.45) is 0.847. The largest absolute Gasteiger partial charge is 0.480 e. The Morgan fingerprint density at radius 1 is 0.479 bits per heavy atom. The van der Waals surface area contributed by atoms with Crippen molar-refractivity contribution in [3.05, 3.63) is 215 Å². The monoisotopic (exact) mass is 1730 g/mol. The predicted molar refractivity (Wildman–Crippen MR) is 424 cm³/mol. The zero-order valence-corrected chi connectivity index (χ0v) is 66.0. The van der Waals surface area contributed by atoms with Gasteiger partial charge in [0.1, 0.15) is 38.2 Å². The fraction of sp³-hybridized carbons (Fsp3) is 0.211. The molecule has 12 aromatic heterocycles. The molecule has 13 aromatic rings. The maximum absolute atomic E-state index is 13.2. The van der Waals surface area contributed by atoms with E-state index in [0.29, 0.717) is 53.2 Å². The second-order valence-electron chi connectivity index (χ2n) is 23.3. The molecule has 0 aliphatic heterocycles. The molecule has 0 saturated heterocycles. The van der Waals surface area contributed by atoms with Gasteiger partial charge < -0.3 is 55.6 Å². The number of carbonyl (C=O) groups is 10. The van der Waals surface area contributed by atoms with Crippen molar-refractivity contribution in [3.8, 4) is 0 Å². The van der Waals surface area contributed by atoms with Crippen LogP contribution in [0.2, 0.25) is 0 Å². The summed E-state index contributed by atoms with van der Waals surface area (Å²) in [4.78, 5) is 141. The smallest absolute Gasteiger partial charge is 0.408 e. The number of amides is 3. The number of pyridine rings is 6. The number of esters is 4. The number of ether oxygens (including phenoxy) is 5. The number of methoxy groups -OCH3 is 3. The second-order valence-corrected chi connectivity index (χ2v) is 29.6. The third kappa shape index (κ3) is 24.4. The van der Waals surface area contributed by atoms with E-state index in [-0.39, 0.29) is 93.7 Å². The van der Waals surface area contributed by atoms with Crippen LogP contribution in [-0.2, 0) is 39.9 Å². The van der Waals surface area contributed by atoms with Crippen LogP contribution in [0, 0.1) is 0 Å².